The summed E-state index contributed by atoms with van der Waals surface area (Å²) in [5, 5.41) is 6.68. The summed E-state index contributed by atoms with van der Waals surface area (Å²) in [7, 11) is 0. The van der Waals surface area contributed by atoms with Crippen molar-refractivity contribution < 1.29 is 19.2 Å². The van der Waals surface area contributed by atoms with Crippen molar-refractivity contribution in [1.29, 1.82) is 0 Å². The Balaban J connectivity index is 1.75. The summed E-state index contributed by atoms with van der Waals surface area (Å²) >= 11 is 0. The molecule has 11 heteroatoms. The molecule has 3 heterocycles. The van der Waals surface area contributed by atoms with Crippen molar-refractivity contribution in [2.75, 3.05) is 18.4 Å². The smallest absolute Gasteiger partial charge is 0.315 e. The second-order valence-electron chi connectivity index (χ2n) is 6.90. The fraction of sp³-hybridized carbons (Fsp3) is 0.389. The van der Waals surface area contributed by atoms with E-state index in [-0.39, 0.29) is 36.4 Å². The highest BCUT2D eigenvalue weighted by Crippen LogP contribution is 2.18. The molecule has 0 radical (unpaired) electrons. The largest absolute Gasteiger partial charge is 0.369 e. The number of rotatable bonds is 2. The molecule has 0 unspecified atom stereocenters. The van der Waals surface area contributed by atoms with Crippen LogP contribution in [0.15, 0.2) is 28.2 Å². The molecule has 29 heavy (non-hydrogen) atoms. The van der Waals surface area contributed by atoms with Crippen molar-refractivity contribution in [3.63, 3.8) is 0 Å². The lowest BCUT2D eigenvalue weighted by atomic mass is 9.96. The molecule has 3 rings (SSSR count). The molecule has 0 aliphatic carbocycles. The van der Waals surface area contributed by atoms with Crippen LogP contribution in [-0.4, -0.2) is 63.1 Å². The summed E-state index contributed by atoms with van der Waals surface area (Å²) in [5.74, 6) is -2.71. The van der Waals surface area contributed by atoms with Crippen LogP contribution in [0.5, 0.6) is 0 Å². The van der Waals surface area contributed by atoms with E-state index >= 15 is 0 Å². The third kappa shape index (κ3) is 4.13. The van der Waals surface area contributed by atoms with Crippen molar-refractivity contribution in [3.8, 4) is 0 Å². The number of carbonyl (C=O) groups excluding carboxylic acids is 4. The molecule has 1 aromatic heterocycles. The van der Waals surface area contributed by atoms with Gasteiger partial charge in [0.25, 0.3) is 11.9 Å². The normalized spacial score (nSPS) is 17.7. The van der Waals surface area contributed by atoms with Crippen LogP contribution in [-0.2, 0) is 19.2 Å². The summed E-state index contributed by atoms with van der Waals surface area (Å²) in [6, 6.07) is 1.53. The highest BCUT2D eigenvalue weighted by molar-refractivity contribution is 6.39. The topological polar surface area (TPSA) is 152 Å². The average Bonchev–Trinajstić information content (AvgIpc) is 3.05. The fourth-order valence-corrected chi connectivity index (χ4v) is 3.07. The number of primary amides is 1. The Hall–Kier alpha value is -3.63. The van der Waals surface area contributed by atoms with Crippen LogP contribution in [0, 0.1) is 12.8 Å². The number of likely N-dealkylation sites (tertiary alicyclic amines) is 1. The molecular formula is C18H21N7O4. The van der Waals surface area contributed by atoms with E-state index in [1.807, 2.05) is 0 Å². The van der Waals surface area contributed by atoms with Crippen molar-refractivity contribution in [2.24, 2.45) is 21.6 Å². The van der Waals surface area contributed by atoms with E-state index in [1.165, 1.54) is 15.6 Å². The van der Waals surface area contributed by atoms with Gasteiger partial charge in [-0.05, 0) is 26.7 Å². The highest BCUT2D eigenvalue weighted by Gasteiger charge is 2.30. The molecule has 0 bridgehead atoms. The lowest BCUT2D eigenvalue weighted by Crippen LogP contribution is -2.46. The van der Waals surface area contributed by atoms with Gasteiger partial charge in [-0.15, -0.1) is 0 Å². The molecule has 2 aliphatic rings. The second-order valence-corrected chi connectivity index (χ2v) is 6.90. The number of nitrogens with one attached hydrogen (secondary N) is 1. The van der Waals surface area contributed by atoms with Gasteiger partial charge >= 0.3 is 11.8 Å². The number of hydrogen-bond acceptors (Lipinski definition) is 6. The van der Waals surface area contributed by atoms with Crippen LogP contribution in [0.25, 0.3) is 0 Å². The van der Waals surface area contributed by atoms with Crippen LogP contribution in [0.4, 0.5) is 5.82 Å². The average molecular weight is 399 g/mol. The number of aromatic nitrogens is 2. The molecule has 1 aromatic rings. The first kappa shape index (κ1) is 20.1. The van der Waals surface area contributed by atoms with Gasteiger partial charge in [0, 0.05) is 25.1 Å². The maximum Gasteiger partial charge on any atom is 0.315 e. The van der Waals surface area contributed by atoms with Crippen molar-refractivity contribution in [3.05, 3.63) is 23.9 Å². The fourth-order valence-electron chi connectivity index (χ4n) is 3.07. The summed E-state index contributed by atoms with van der Waals surface area (Å²) in [6.07, 6.45) is 0.838. The van der Waals surface area contributed by atoms with E-state index in [2.05, 4.69) is 27.0 Å². The maximum absolute atomic E-state index is 12.5. The van der Waals surface area contributed by atoms with Gasteiger partial charge in [0.15, 0.2) is 0 Å². The number of nitrogens with two attached hydrogens (primary N) is 1. The molecule has 11 nitrogen and oxygen atoms in total. The molecule has 0 saturated carbocycles. The van der Waals surface area contributed by atoms with Gasteiger partial charge in [-0.1, -0.05) is 6.58 Å². The lowest BCUT2D eigenvalue weighted by molar-refractivity contribution is -0.144. The van der Waals surface area contributed by atoms with E-state index < -0.39 is 23.6 Å². The maximum atomic E-state index is 12.5. The minimum absolute atomic E-state index is 0.0296. The van der Waals surface area contributed by atoms with Gasteiger partial charge in [0.1, 0.15) is 5.82 Å². The Labute approximate surface area is 166 Å². The Morgan fingerprint density at radius 3 is 2.45 bits per heavy atom. The van der Waals surface area contributed by atoms with Crippen LogP contribution >= 0.6 is 0 Å². The predicted molar refractivity (Wildman–Crippen MR) is 104 cm³/mol. The predicted octanol–water partition coefficient (Wildman–Crippen LogP) is -0.385. The Bertz CT molecular complexity index is 980. The zero-order chi connectivity index (χ0) is 21.3. The van der Waals surface area contributed by atoms with Crippen molar-refractivity contribution >= 4 is 41.1 Å². The van der Waals surface area contributed by atoms with Gasteiger partial charge in [0.05, 0.1) is 17.0 Å². The molecule has 2 aliphatic heterocycles. The first-order valence-electron chi connectivity index (χ1n) is 9.01. The second kappa shape index (κ2) is 7.78. The highest BCUT2D eigenvalue weighted by atomic mass is 16.2. The molecule has 0 spiro atoms. The zero-order valence-corrected chi connectivity index (χ0v) is 16.1. The van der Waals surface area contributed by atoms with Crippen LogP contribution in [0.2, 0.25) is 0 Å². The number of piperidine rings is 1. The monoisotopic (exact) mass is 399 g/mol. The molecule has 0 aromatic carbocycles. The van der Waals surface area contributed by atoms with Gasteiger partial charge in [-0.25, -0.2) is 4.99 Å². The lowest BCUT2D eigenvalue weighted by Gasteiger charge is -2.29. The summed E-state index contributed by atoms with van der Waals surface area (Å²) in [5.41, 5.74) is 6.38. The minimum atomic E-state index is -0.864. The van der Waals surface area contributed by atoms with E-state index in [9.17, 15) is 19.2 Å². The standard InChI is InChI=1S/C18H21N7O4/c1-9-8-13(25(23-9)18-20-11(3)10(2)15(27)22-18)21-16(28)17(29)24-6-4-12(5-7-24)14(19)26/h8,12H,2,4-7H2,1,3H3,(H2,19,26)(H,21,28). The summed E-state index contributed by atoms with van der Waals surface area (Å²) in [4.78, 5) is 57.5. The zero-order valence-electron chi connectivity index (χ0n) is 16.1. The number of aryl methyl sites for hydroxylation is 1. The molecule has 4 amide bonds. The van der Waals surface area contributed by atoms with Crippen molar-refractivity contribution in [1.82, 2.24) is 14.7 Å². The van der Waals surface area contributed by atoms with Crippen LogP contribution in [0.3, 0.4) is 0 Å². The molecule has 0 atom stereocenters. The van der Waals surface area contributed by atoms with E-state index in [0.29, 0.717) is 24.2 Å². The number of carbonyl (C=O) groups is 4. The third-order valence-electron chi connectivity index (χ3n) is 4.81. The molecular weight excluding hydrogens is 378 g/mol. The first-order chi connectivity index (χ1) is 13.7. The van der Waals surface area contributed by atoms with Gasteiger partial charge in [-0.3, -0.25) is 19.2 Å². The molecule has 152 valence electrons. The van der Waals surface area contributed by atoms with Crippen LogP contribution < -0.4 is 11.1 Å². The molecule has 1 saturated heterocycles. The Morgan fingerprint density at radius 2 is 1.86 bits per heavy atom. The Morgan fingerprint density at radius 1 is 1.21 bits per heavy atom. The quantitative estimate of drug-likeness (QED) is 0.513. The van der Waals surface area contributed by atoms with Gasteiger partial charge in [0.2, 0.25) is 5.91 Å². The summed E-state index contributed by atoms with van der Waals surface area (Å²) < 4.78 is 1.19. The van der Waals surface area contributed by atoms with E-state index in [4.69, 9.17) is 5.73 Å². The molecule has 3 N–H and O–H groups in total. The van der Waals surface area contributed by atoms with E-state index in [1.54, 1.807) is 13.8 Å². The van der Waals surface area contributed by atoms with Crippen molar-refractivity contribution in [2.45, 2.75) is 26.7 Å². The number of hydrogen-bond donors (Lipinski definition) is 2. The third-order valence-corrected chi connectivity index (χ3v) is 4.81. The van der Waals surface area contributed by atoms with Crippen LogP contribution in [0.1, 0.15) is 25.5 Å². The minimum Gasteiger partial charge on any atom is -0.369 e. The molecule has 1 fully saturated rings. The number of anilines is 1. The summed E-state index contributed by atoms with van der Waals surface area (Å²) in [6.45, 7) is 7.44. The van der Waals surface area contributed by atoms with Gasteiger partial charge < -0.3 is 16.0 Å². The first-order valence-corrected chi connectivity index (χ1v) is 9.01. The number of amides is 4. The number of nitrogens with zero attached hydrogens (tertiary/aromatic N) is 5. The van der Waals surface area contributed by atoms with E-state index in [0.717, 1.165) is 0 Å². The van der Waals surface area contributed by atoms with Gasteiger partial charge in [-0.2, -0.15) is 14.8 Å². The SMILES string of the molecule is C=C1C(=O)N=C(n2nc(C)cc2NC(=O)C(=O)N2CCC(C(N)=O)CC2)N=C1C. The number of aliphatic imine (C=N–C) groups is 2. The Kier molecular flexibility index (Phi) is 5.39.